The molecular weight excluding hydrogens is 141 g/mol. The SMILES string of the molecule is [B][C@@H]1O[C@@]2(COC)CNC1C2. The highest BCUT2D eigenvalue weighted by molar-refractivity contribution is 6.11. The van der Waals surface area contributed by atoms with Crippen LogP contribution in [0.25, 0.3) is 0 Å². The summed E-state index contributed by atoms with van der Waals surface area (Å²) in [7, 11) is 7.38. The van der Waals surface area contributed by atoms with Gasteiger partial charge in [0.2, 0.25) is 0 Å². The van der Waals surface area contributed by atoms with Crippen LogP contribution in [-0.2, 0) is 9.47 Å². The maximum Gasteiger partial charge on any atom is 0.111 e. The number of hydrogen-bond donors (Lipinski definition) is 1. The highest BCUT2D eigenvalue weighted by Crippen LogP contribution is 2.34. The van der Waals surface area contributed by atoms with Gasteiger partial charge in [0.15, 0.2) is 0 Å². The molecular formula is C7H12BNO2. The first-order chi connectivity index (χ1) is 5.26. The molecule has 2 fully saturated rings. The smallest absolute Gasteiger partial charge is 0.111 e. The van der Waals surface area contributed by atoms with E-state index in [0.29, 0.717) is 12.6 Å². The Hall–Kier alpha value is -0.0551. The van der Waals surface area contributed by atoms with Gasteiger partial charge in [0.1, 0.15) is 13.4 Å². The van der Waals surface area contributed by atoms with E-state index < -0.39 is 0 Å². The summed E-state index contributed by atoms with van der Waals surface area (Å²) in [5.74, 6) is 0. The lowest BCUT2D eigenvalue weighted by Gasteiger charge is -2.29. The molecule has 2 aliphatic rings. The van der Waals surface area contributed by atoms with Gasteiger partial charge in [-0.3, -0.25) is 0 Å². The van der Waals surface area contributed by atoms with Crippen molar-refractivity contribution in [2.24, 2.45) is 0 Å². The van der Waals surface area contributed by atoms with E-state index in [9.17, 15) is 0 Å². The highest BCUT2D eigenvalue weighted by Gasteiger charge is 2.49. The molecule has 2 radical (unpaired) electrons. The summed E-state index contributed by atoms with van der Waals surface area (Å²) >= 11 is 0. The zero-order chi connectivity index (χ0) is 7.90. The molecule has 0 aliphatic carbocycles. The fourth-order valence-electron chi connectivity index (χ4n) is 1.96. The Morgan fingerprint density at radius 3 is 3.09 bits per heavy atom. The molecule has 4 heteroatoms. The maximum absolute atomic E-state index is 5.70. The lowest BCUT2D eigenvalue weighted by Crippen LogP contribution is -2.47. The molecule has 2 heterocycles. The largest absolute Gasteiger partial charge is 0.382 e. The second-order valence-corrected chi connectivity index (χ2v) is 3.39. The monoisotopic (exact) mass is 153 g/mol. The quantitative estimate of drug-likeness (QED) is 0.530. The van der Waals surface area contributed by atoms with Crippen LogP contribution < -0.4 is 5.32 Å². The van der Waals surface area contributed by atoms with E-state index in [1.807, 2.05) is 0 Å². The summed E-state index contributed by atoms with van der Waals surface area (Å²) in [6, 6.07) is 0.198. The van der Waals surface area contributed by atoms with Gasteiger partial charge in [0.25, 0.3) is 0 Å². The zero-order valence-electron chi connectivity index (χ0n) is 6.67. The Balaban J connectivity index is 2.05. The Kier molecular flexibility index (Phi) is 1.70. The summed E-state index contributed by atoms with van der Waals surface area (Å²) < 4.78 is 10.7. The van der Waals surface area contributed by atoms with Gasteiger partial charge in [-0.05, 0) is 6.42 Å². The lowest BCUT2D eigenvalue weighted by atomic mass is 9.93. The van der Waals surface area contributed by atoms with Gasteiger partial charge in [0, 0.05) is 25.7 Å². The molecule has 11 heavy (non-hydrogen) atoms. The van der Waals surface area contributed by atoms with Gasteiger partial charge in [-0.2, -0.15) is 0 Å². The summed E-state index contributed by atoms with van der Waals surface area (Å²) in [6.45, 7) is 1.52. The minimum atomic E-state index is -0.140. The number of fused-ring (bicyclic) bond motifs is 2. The summed E-state index contributed by atoms with van der Waals surface area (Å²) in [6.07, 6.45) is 0.988. The van der Waals surface area contributed by atoms with E-state index >= 15 is 0 Å². The fourth-order valence-corrected chi connectivity index (χ4v) is 1.96. The average Bonchev–Trinajstić information content (AvgIpc) is 2.44. The molecule has 2 rings (SSSR count). The van der Waals surface area contributed by atoms with Crippen LogP contribution in [0.4, 0.5) is 0 Å². The second kappa shape index (κ2) is 2.47. The molecule has 3 atom stereocenters. The van der Waals surface area contributed by atoms with Crippen LogP contribution in [0.15, 0.2) is 0 Å². The van der Waals surface area contributed by atoms with E-state index in [1.165, 1.54) is 0 Å². The van der Waals surface area contributed by atoms with Crippen LogP contribution in [0.3, 0.4) is 0 Å². The zero-order valence-corrected chi connectivity index (χ0v) is 6.67. The predicted molar refractivity (Wildman–Crippen MR) is 41.6 cm³/mol. The molecule has 3 nitrogen and oxygen atoms in total. The Labute approximate surface area is 67.8 Å². The molecule has 2 saturated heterocycles. The van der Waals surface area contributed by atoms with Gasteiger partial charge in [-0.1, -0.05) is 0 Å². The summed E-state index contributed by atoms with van der Waals surface area (Å²) in [5.41, 5.74) is -0.126. The molecule has 60 valence electrons. The number of rotatable bonds is 2. The van der Waals surface area contributed by atoms with Gasteiger partial charge < -0.3 is 14.8 Å². The van der Waals surface area contributed by atoms with Crippen LogP contribution in [-0.4, -0.2) is 45.8 Å². The minimum absolute atomic E-state index is 0.126. The summed E-state index contributed by atoms with van der Waals surface area (Å²) in [4.78, 5) is 0. The highest BCUT2D eigenvalue weighted by atomic mass is 16.6. The Bertz CT molecular complexity index is 163. The van der Waals surface area contributed by atoms with Crippen molar-refractivity contribution in [2.45, 2.75) is 24.1 Å². The van der Waals surface area contributed by atoms with Crippen molar-refractivity contribution < 1.29 is 9.47 Å². The third-order valence-electron chi connectivity index (χ3n) is 2.47. The van der Waals surface area contributed by atoms with E-state index in [-0.39, 0.29) is 11.6 Å². The number of methoxy groups -OCH3 is 1. The lowest BCUT2D eigenvalue weighted by molar-refractivity contribution is -0.0686. The normalized spacial score (nSPS) is 48.5. The van der Waals surface area contributed by atoms with E-state index in [0.717, 1.165) is 13.0 Å². The standard InChI is InChI=1S/C7H12BNO2/c1-10-4-7-2-5(9-3-7)6(8)11-7/h5-6,9H,2-4H2,1H3/t5?,6-,7-/m1/s1. The Morgan fingerprint density at radius 1 is 1.82 bits per heavy atom. The molecule has 2 aliphatic heterocycles. The van der Waals surface area contributed by atoms with Gasteiger partial charge in [-0.25, -0.2) is 0 Å². The first kappa shape index (κ1) is 7.59. The number of hydrogen-bond acceptors (Lipinski definition) is 3. The number of nitrogens with one attached hydrogen (secondary N) is 1. The van der Waals surface area contributed by atoms with Crippen molar-refractivity contribution in [3.8, 4) is 0 Å². The van der Waals surface area contributed by atoms with Crippen molar-refractivity contribution in [2.75, 3.05) is 20.3 Å². The second-order valence-electron chi connectivity index (χ2n) is 3.39. The molecule has 0 saturated carbocycles. The third kappa shape index (κ3) is 1.09. The van der Waals surface area contributed by atoms with Gasteiger partial charge >= 0.3 is 0 Å². The molecule has 0 aromatic rings. The molecule has 1 N–H and O–H groups in total. The molecule has 0 amide bonds. The topological polar surface area (TPSA) is 30.5 Å². The van der Waals surface area contributed by atoms with Crippen molar-refractivity contribution in [3.63, 3.8) is 0 Å². The van der Waals surface area contributed by atoms with E-state index in [1.54, 1.807) is 7.11 Å². The molecule has 0 spiro atoms. The van der Waals surface area contributed by atoms with Crippen LogP contribution in [0.1, 0.15) is 6.42 Å². The first-order valence-corrected chi connectivity index (χ1v) is 3.91. The van der Waals surface area contributed by atoms with Crippen molar-refractivity contribution >= 4 is 7.85 Å². The van der Waals surface area contributed by atoms with Crippen molar-refractivity contribution in [1.82, 2.24) is 5.32 Å². The van der Waals surface area contributed by atoms with E-state index in [2.05, 4.69) is 5.32 Å². The maximum atomic E-state index is 5.70. The molecule has 2 bridgehead atoms. The number of ether oxygens (including phenoxy) is 2. The number of morpholine rings is 1. The summed E-state index contributed by atoms with van der Waals surface area (Å²) in [5, 5.41) is 3.30. The third-order valence-corrected chi connectivity index (χ3v) is 2.47. The van der Waals surface area contributed by atoms with Crippen molar-refractivity contribution in [1.29, 1.82) is 0 Å². The van der Waals surface area contributed by atoms with Crippen LogP contribution in [0.5, 0.6) is 0 Å². The van der Waals surface area contributed by atoms with Crippen molar-refractivity contribution in [3.05, 3.63) is 0 Å². The van der Waals surface area contributed by atoms with Gasteiger partial charge in [-0.15, -0.1) is 0 Å². The van der Waals surface area contributed by atoms with E-state index in [4.69, 9.17) is 17.3 Å². The predicted octanol–water partition coefficient (Wildman–Crippen LogP) is -0.742. The Morgan fingerprint density at radius 2 is 2.64 bits per heavy atom. The first-order valence-electron chi connectivity index (χ1n) is 3.91. The fraction of sp³-hybridized carbons (Fsp3) is 1.00. The van der Waals surface area contributed by atoms with Crippen LogP contribution in [0, 0.1) is 0 Å². The molecule has 0 aromatic heterocycles. The van der Waals surface area contributed by atoms with Gasteiger partial charge in [0.05, 0.1) is 6.61 Å². The molecule has 0 aromatic carbocycles. The minimum Gasteiger partial charge on any atom is -0.382 e. The molecule has 1 unspecified atom stereocenters. The van der Waals surface area contributed by atoms with Crippen LogP contribution in [0.2, 0.25) is 0 Å². The average molecular weight is 153 g/mol. The van der Waals surface area contributed by atoms with Crippen LogP contribution >= 0.6 is 0 Å².